The fourth-order valence-corrected chi connectivity index (χ4v) is 3.14. The Hall–Kier alpha value is -1.44. The summed E-state index contributed by atoms with van der Waals surface area (Å²) in [5.74, 6) is 0.157. The summed E-state index contributed by atoms with van der Waals surface area (Å²) in [6, 6.07) is 2.93. The second-order valence-corrected chi connectivity index (χ2v) is 7.20. The van der Waals surface area contributed by atoms with Crippen LogP contribution in [-0.4, -0.2) is 26.9 Å². The average Bonchev–Trinajstić information content (AvgIpc) is 3.21. The van der Waals surface area contributed by atoms with Crippen molar-refractivity contribution < 1.29 is 13.2 Å². The van der Waals surface area contributed by atoms with Crippen LogP contribution in [0.2, 0.25) is 0 Å². The molecule has 0 aromatic heterocycles. The highest BCUT2D eigenvalue weighted by Gasteiger charge is 2.28. The topological polar surface area (TPSA) is 115 Å². The molecule has 0 radical (unpaired) electrons. The molecule has 1 fully saturated rings. The van der Waals surface area contributed by atoms with E-state index in [9.17, 15) is 13.2 Å². The highest BCUT2D eigenvalue weighted by Crippen LogP contribution is 2.31. The third-order valence-electron chi connectivity index (χ3n) is 3.91. The largest absolute Gasteiger partial charge is 0.350 e. The lowest BCUT2D eigenvalue weighted by Crippen LogP contribution is -2.38. The van der Waals surface area contributed by atoms with Gasteiger partial charge in [-0.3, -0.25) is 4.79 Å². The maximum Gasteiger partial charge on any atom is 0.251 e. The first kappa shape index (κ1) is 15.9. The number of primary sulfonamides is 1. The van der Waals surface area contributed by atoms with Crippen LogP contribution < -0.4 is 16.2 Å². The van der Waals surface area contributed by atoms with Gasteiger partial charge in [0.25, 0.3) is 5.91 Å². The van der Waals surface area contributed by atoms with E-state index < -0.39 is 10.0 Å². The molecule has 0 bridgehead atoms. The van der Waals surface area contributed by atoms with Crippen LogP contribution in [0.25, 0.3) is 0 Å². The number of sulfonamides is 1. The lowest BCUT2D eigenvalue weighted by atomic mass is 10.1. The van der Waals surface area contributed by atoms with Crippen molar-refractivity contribution in [3.63, 3.8) is 0 Å². The Morgan fingerprint density at radius 1 is 1.38 bits per heavy atom. The van der Waals surface area contributed by atoms with Crippen molar-refractivity contribution in [2.24, 2.45) is 16.8 Å². The van der Waals surface area contributed by atoms with Gasteiger partial charge in [0.2, 0.25) is 10.0 Å². The van der Waals surface area contributed by atoms with Crippen molar-refractivity contribution in [2.45, 2.75) is 37.6 Å². The van der Waals surface area contributed by atoms with Gasteiger partial charge >= 0.3 is 0 Å². The maximum atomic E-state index is 12.1. The molecule has 1 atom stereocenters. The van der Waals surface area contributed by atoms with E-state index in [1.807, 2.05) is 0 Å². The van der Waals surface area contributed by atoms with E-state index in [1.54, 1.807) is 19.9 Å². The van der Waals surface area contributed by atoms with E-state index in [0.717, 1.165) is 12.8 Å². The smallest absolute Gasteiger partial charge is 0.251 e. The molecule has 6 nitrogen and oxygen atoms in total. The summed E-state index contributed by atoms with van der Waals surface area (Å²) in [6.07, 6.45) is 2.21. The van der Waals surface area contributed by atoms with Gasteiger partial charge in [-0.15, -0.1) is 0 Å². The summed E-state index contributed by atoms with van der Waals surface area (Å²) in [5, 5.41) is 7.93. The molecule has 1 amide bonds. The van der Waals surface area contributed by atoms with E-state index in [0.29, 0.717) is 23.6 Å². The van der Waals surface area contributed by atoms with Gasteiger partial charge in [-0.1, -0.05) is 0 Å². The highest BCUT2D eigenvalue weighted by molar-refractivity contribution is 7.89. The summed E-state index contributed by atoms with van der Waals surface area (Å²) in [6.45, 7) is 3.80. The van der Waals surface area contributed by atoms with Crippen molar-refractivity contribution in [3.05, 3.63) is 28.8 Å². The number of amides is 1. The van der Waals surface area contributed by atoms with Gasteiger partial charge in [0, 0.05) is 18.2 Å². The second kappa shape index (κ2) is 5.75. The van der Waals surface area contributed by atoms with E-state index in [-0.39, 0.29) is 22.4 Å². The van der Waals surface area contributed by atoms with E-state index in [1.165, 1.54) is 6.07 Å². The van der Waals surface area contributed by atoms with Gasteiger partial charge in [-0.2, -0.15) is 0 Å². The summed E-state index contributed by atoms with van der Waals surface area (Å²) < 4.78 is 23.1. The van der Waals surface area contributed by atoms with Crippen LogP contribution in [0.15, 0.2) is 17.0 Å². The molecule has 1 aliphatic carbocycles. The van der Waals surface area contributed by atoms with Crippen LogP contribution in [0.1, 0.15) is 34.3 Å². The molecule has 0 aliphatic heterocycles. The summed E-state index contributed by atoms with van der Waals surface area (Å²) >= 11 is 0. The number of carbonyl (C=O) groups is 1. The predicted molar refractivity (Wildman–Crippen MR) is 80.3 cm³/mol. The van der Waals surface area contributed by atoms with Crippen molar-refractivity contribution in [3.8, 4) is 0 Å². The average molecular weight is 311 g/mol. The number of aryl methyl sites for hydroxylation is 1. The monoisotopic (exact) mass is 311 g/mol. The molecule has 1 aromatic carbocycles. The summed E-state index contributed by atoms with van der Waals surface area (Å²) in [7, 11) is -3.85. The van der Waals surface area contributed by atoms with Gasteiger partial charge in [0.15, 0.2) is 0 Å². The lowest BCUT2D eigenvalue weighted by molar-refractivity contribution is 0.0950. The number of benzene rings is 1. The molecule has 1 unspecified atom stereocenters. The Morgan fingerprint density at radius 2 is 2.00 bits per heavy atom. The number of rotatable bonds is 5. The van der Waals surface area contributed by atoms with E-state index in [2.05, 4.69) is 5.32 Å². The molecule has 0 spiro atoms. The van der Waals surface area contributed by atoms with Crippen molar-refractivity contribution in [2.75, 3.05) is 6.54 Å². The van der Waals surface area contributed by atoms with Gasteiger partial charge in [0.1, 0.15) is 0 Å². The van der Waals surface area contributed by atoms with Crippen LogP contribution in [0.3, 0.4) is 0 Å². The minimum atomic E-state index is -3.85. The minimum absolute atomic E-state index is 0.0147. The molecule has 1 aliphatic rings. The molecular weight excluding hydrogens is 290 g/mol. The van der Waals surface area contributed by atoms with Gasteiger partial charge in [-0.25, -0.2) is 13.6 Å². The Balaban J connectivity index is 2.19. The van der Waals surface area contributed by atoms with Crippen molar-refractivity contribution in [1.29, 1.82) is 0 Å². The third-order valence-corrected chi connectivity index (χ3v) is 4.95. The second-order valence-electron chi connectivity index (χ2n) is 5.67. The number of carbonyl (C=O) groups excluding carboxylic acids is 1. The first-order valence-electron chi connectivity index (χ1n) is 6.88. The SMILES string of the molecule is Cc1cc(C(=O)NCC(N)C2CC2)cc(S(N)(=O)=O)c1C. The fourth-order valence-electron chi connectivity index (χ4n) is 2.26. The maximum absolute atomic E-state index is 12.1. The van der Waals surface area contributed by atoms with Crippen molar-refractivity contribution >= 4 is 15.9 Å². The number of hydrogen-bond donors (Lipinski definition) is 3. The predicted octanol–water partition coefficient (Wildman–Crippen LogP) is 0.418. The summed E-state index contributed by atoms with van der Waals surface area (Å²) in [4.78, 5) is 12.1. The zero-order valence-corrected chi connectivity index (χ0v) is 13.0. The Kier molecular flexibility index (Phi) is 4.36. The van der Waals surface area contributed by atoms with E-state index >= 15 is 0 Å². The zero-order valence-electron chi connectivity index (χ0n) is 12.2. The molecule has 21 heavy (non-hydrogen) atoms. The first-order chi connectivity index (χ1) is 9.70. The quantitative estimate of drug-likeness (QED) is 0.730. The van der Waals surface area contributed by atoms with Gasteiger partial charge < -0.3 is 11.1 Å². The highest BCUT2D eigenvalue weighted by atomic mass is 32.2. The molecular formula is C14H21N3O3S. The van der Waals surface area contributed by atoms with Crippen LogP contribution in [-0.2, 0) is 10.0 Å². The Labute approximate surface area is 124 Å². The molecule has 5 N–H and O–H groups in total. The standard InChI is InChI=1S/C14H21N3O3S/c1-8-5-11(6-13(9(8)2)21(16,19)20)14(18)17-7-12(15)10-3-4-10/h5-6,10,12H,3-4,7,15H2,1-2H3,(H,17,18)(H2,16,19,20). The van der Waals surface area contributed by atoms with Gasteiger partial charge in [-0.05, 0) is 55.9 Å². The van der Waals surface area contributed by atoms with Crippen LogP contribution >= 0.6 is 0 Å². The summed E-state index contributed by atoms with van der Waals surface area (Å²) in [5.41, 5.74) is 7.48. The third kappa shape index (κ3) is 3.81. The molecule has 0 heterocycles. The van der Waals surface area contributed by atoms with Gasteiger partial charge in [0.05, 0.1) is 4.90 Å². The van der Waals surface area contributed by atoms with Crippen molar-refractivity contribution in [1.82, 2.24) is 5.32 Å². The fraction of sp³-hybridized carbons (Fsp3) is 0.500. The first-order valence-corrected chi connectivity index (χ1v) is 8.42. The molecule has 2 rings (SSSR count). The number of hydrogen-bond acceptors (Lipinski definition) is 4. The van der Waals surface area contributed by atoms with Crippen LogP contribution in [0, 0.1) is 19.8 Å². The minimum Gasteiger partial charge on any atom is -0.350 e. The molecule has 0 saturated heterocycles. The lowest BCUT2D eigenvalue weighted by Gasteiger charge is -2.13. The Morgan fingerprint density at radius 3 is 2.52 bits per heavy atom. The number of nitrogens with one attached hydrogen (secondary N) is 1. The normalized spacial score (nSPS) is 16.6. The zero-order chi connectivity index (χ0) is 15.8. The van der Waals surface area contributed by atoms with E-state index in [4.69, 9.17) is 10.9 Å². The molecule has 1 aromatic rings. The molecule has 1 saturated carbocycles. The van der Waals surface area contributed by atoms with Crippen LogP contribution in [0.4, 0.5) is 0 Å². The molecule has 7 heteroatoms. The Bertz CT molecular complexity index is 666. The van der Waals surface area contributed by atoms with Crippen LogP contribution in [0.5, 0.6) is 0 Å². The molecule has 116 valence electrons. The number of nitrogens with two attached hydrogens (primary N) is 2.